The number of rotatable bonds is 0. The van der Waals surface area contributed by atoms with Crippen LogP contribution >= 0.6 is 0 Å². The van der Waals surface area contributed by atoms with Gasteiger partial charge in [-0.15, -0.1) is 0 Å². The van der Waals surface area contributed by atoms with Crippen molar-refractivity contribution in [2.75, 3.05) is 0 Å². The highest BCUT2D eigenvalue weighted by Gasteiger charge is 3.04. The summed E-state index contributed by atoms with van der Waals surface area (Å²) >= 11 is 0. The zero-order chi connectivity index (χ0) is 13.6. The summed E-state index contributed by atoms with van der Waals surface area (Å²) in [5.41, 5.74) is 0.786. The predicted octanol–water partition coefficient (Wildman–Crippen LogP) is 0.366. The van der Waals surface area contributed by atoms with Crippen LogP contribution in [0, 0.1) is 46.3 Å². The zero-order valence-electron chi connectivity index (χ0n) is 11.9. The Morgan fingerprint density at radius 2 is 1.43 bits per heavy atom. The first-order chi connectivity index (χ1) is 10.1. The standard InChI is InChI=1S/C16H17N3O2/c1-17-13(20)18-11-8-7-9(8)12(19(18)14(17)21)16-4-6-2-5(6)3-15(11,16)10(7)16/h5-12H,2-4H2,1H3/t5-,6+,7?,8+,9-,10?,11-,12+,15-,16+. The molecule has 9 rings (SSSR count). The first kappa shape index (κ1) is 9.70. The summed E-state index contributed by atoms with van der Waals surface area (Å²) < 4.78 is 5.22. The minimum absolute atomic E-state index is 0.0486. The third-order valence-electron chi connectivity index (χ3n) is 9.25. The maximum absolute atomic E-state index is 12.6. The highest BCUT2D eigenvalue weighted by molar-refractivity contribution is 5.50. The van der Waals surface area contributed by atoms with Crippen LogP contribution in [0.1, 0.15) is 31.3 Å². The quantitative estimate of drug-likeness (QED) is 0.690. The molecule has 6 aliphatic carbocycles. The van der Waals surface area contributed by atoms with Gasteiger partial charge < -0.3 is 0 Å². The van der Waals surface area contributed by atoms with Crippen molar-refractivity contribution in [1.29, 1.82) is 0 Å². The number of hydrogen-bond donors (Lipinski definition) is 0. The fourth-order valence-electron chi connectivity index (χ4n) is 9.04. The number of aromatic nitrogens is 3. The van der Waals surface area contributed by atoms with Crippen LogP contribution in [-0.4, -0.2) is 13.9 Å². The Kier molecular flexibility index (Phi) is 0.979. The lowest BCUT2D eigenvalue weighted by molar-refractivity contribution is -0.0268. The van der Waals surface area contributed by atoms with E-state index >= 15 is 0 Å². The second-order valence-corrected chi connectivity index (χ2v) is 9.16. The molecule has 10 atom stereocenters. The molecule has 0 radical (unpaired) electrons. The molecule has 1 aromatic heterocycles. The molecule has 5 nitrogen and oxygen atoms in total. The molecule has 6 saturated carbocycles. The van der Waals surface area contributed by atoms with Crippen molar-refractivity contribution >= 4 is 0 Å². The summed E-state index contributed by atoms with van der Waals surface area (Å²) in [4.78, 5) is 25.3. The first-order valence-electron chi connectivity index (χ1n) is 8.54. The van der Waals surface area contributed by atoms with Crippen LogP contribution in [-0.2, 0) is 7.05 Å². The summed E-state index contributed by atoms with van der Waals surface area (Å²) in [5.74, 6) is 5.15. The molecular formula is C16H17N3O2. The van der Waals surface area contributed by atoms with Gasteiger partial charge in [-0.1, -0.05) is 0 Å². The van der Waals surface area contributed by atoms with Gasteiger partial charge >= 0.3 is 11.4 Å². The molecule has 21 heavy (non-hydrogen) atoms. The van der Waals surface area contributed by atoms with Crippen molar-refractivity contribution in [3.63, 3.8) is 0 Å². The largest absolute Gasteiger partial charge is 0.347 e. The van der Waals surface area contributed by atoms with Gasteiger partial charge in [-0.25, -0.2) is 23.5 Å². The lowest BCUT2D eigenvalue weighted by atomic mass is 9.65. The highest BCUT2D eigenvalue weighted by atomic mass is 16.2. The van der Waals surface area contributed by atoms with Crippen molar-refractivity contribution in [2.45, 2.75) is 31.3 Å². The Bertz CT molecular complexity index is 853. The Hall–Kier alpha value is -1.26. The van der Waals surface area contributed by atoms with Crippen LogP contribution in [0.25, 0.3) is 0 Å². The van der Waals surface area contributed by atoms with Crippen LogP contribution in [0.2, 0.25) is 0 Å². The number of fused-ring (bicyclic) bond motifs is 1. The maximum atomic E-state index is 12.6. The topological polar surface area (TPSA) is 48.9 Å². The Balaban J connectivity index is 1.55. The fourth-order valence-corrected chi connectivity index (χ4v) is 9.04. The summed E-state index contributed by atoms with van der Waals surface area (Å²) in [5, 5.41) is 0. The van der Waals surface area contributed by atoms with Gasteiger partial charge in [0.2, 0.25) is 0 Å². The zero-order valence-corrected chi connectivity index (χ0v) is 11.9. The third-order valence-corrected chi connectivity index (χ3v) is 9.25. The van der Waals surface area contributed by atoms with E-state index in [4.69, 9.17) is 0 Å². The van der Waals surface area contributed by atoms with Gasteiger partial charge in [-0.05, 0) is 54.8 Å². The first-order valence-corrected chi connectivity index (χ1v) is 8.54. The lowest BCUT2D eigenvalue weighted by Crippen LogP contribution is -2.53. The molecule has 0 amide bonds. The molecule has 2 spiro atoms. The van der Waals surface area contributed by atoms with Gasteiger partial charge in [0.1, 0.15) is 0 Å². The van der Waals surface area contributed by atoms with Crippen LogP contribution in [0.15, 0.2) is 9.59 Å². The molecule has 3 heterocycles. The normalized spacial score (nSPS) is 67.5. The minimum Gasteiger partial charge on any atom is -0.246 e. The average molecular weight is 283 g/mol. The molecule has 1 aromatic rings. The molecule has 0 aromatic carbocycles. The van der Waals surface area contributed by atoms with E-state index in [9.17, 15) is 9.59 Å². The van der Waals surface area contributed by atoms with E-state index in [0.29, 0.717) is 22.9 Å². The average Bonchev–Trinajstić information content (AvgIpc) is 3.37. The van der Waals surface area contributed by atoms with Crippen molar-refractivity contribution < 1.29 is 0 Å². The third kappa shape index (κ3) is 0.573. The van der Waals surface area contributed by atoms with Crippen LogP contribution in [0.4, 0.5) is 0 Å². The van der Waals surface area contributed by atoms with Gasteiger partial charge in [-0.3, -0.25) is 0 Å². The summed E-state index contributed by atoms with van der Waals surface area (Å²) in [6.45, 7) is 0. The van der Waals surface area contributed by atoms with E-state index in [1.807, 2.05) is 9.36 Å². The van der Waals surface area contributed by atoms with Gasteiger partial charge in [0, 0.05) is 17.9 Å². The second-order valence-electron chi connectivity index (χ2n) is 9.16. The molecule has 2 bridgehead atoms. The Morgan fingerprint density at radius 3 is 1.95 bits per heavy atom. The predicted molar refractivity (Wildman–Crippen MR) is 71.7 cm³/mol. The van der Waals surface area contributed by atoms with Crippen LogP contribution in [0.5, 0.6) is 0 Å². The molecule has 108 valence electrons. The van der Waals surface area contributed by atoms with Crippen molar-refractivity contribution in [3.8, 4) is 0 Å². The number of nitrogens with zero attached hydrogens (tertiary/aromatic N) is 3. The maximum Gasteiger partial charge on any atom is 0.347 e. The van der Waals surface area contributed by atoms with E-state index in [-0.39, 0.29) is 11.4 Å². The van der Waals surface area contributed by atoms with E-state index in [2.05, 4.69) is 0 Å². The van der Waals surface area contributed by atoms with Crippen molar-refractivity contribution in [1.82, 2.24) is 13.9 Å². The van der Waals surface area contributed by atoms with E-state index < -0.39 is 0 Å². The van der Waals surface area contributed by atoms with Gasteiger partial charge in [0.25, 0.3) is 0 Å². The highest BCUT2D eigenvalue weighted by Crippen LogP contribution is 3.06. The smallest absolute Gasteiger partial charge is 0.246 e. The minimum atomic E-state index is -0.0486. The summed E-state index contributed by atoms with van der Waals surface area (Å²) in [6.07, 6.45) is 4.18. The van der Waals surface area contributed by atoms with E-state index in [1.165, 1.54) is 23.8 Å². The molecule has 6 fully saturated rings. The van der Waals surface area contributed by atoms with Gasteiger partial charge in [0.15, 0.2) is 0 Å². The molecular weight excluding hydrogens is 266 g/mol. The van der Waals surface area contributed by atoms with Crippen LogP contribution < -0.4 is 11.4 Å². The second kappa shape index (κ2) is 2.12. The van der Waals surface area contributed by atoms with E-state index in [1.54, 1.807) is 7.05 Å². The molecule has 0 saturated heterocycles. The van der Waals surface area contributed by atoms with Gasteiger partial charge in [-0.2, -0.15) is 0 Å². The SMILES string of the molecule is Cn1c(=O)n2n(c1=O)[C@@H]1[C@H]3C4C5[C@@]6(C[C@@H]7C[C@@H]7C[C@@]516)[C@@H]2[C@H]43. The van der Waals surface area contributed by atoms with Crippen molar-refractivity contribution in [3.05, 3.63) is 21.0 Å². The van der Waals surface area contributed by atoms with Crippen LogP contribution in [0.3, 0.4) is 0 Å². The fraction of sp³-hybridized carbons (Fsp3) is 0.875. The van der Waals surface area contributed by atoms with E-state index in [0.717, 1.165) is 35.5 Å². The van der Waals surface area contributed by atoms with Crippen molar-refractivity contribution in [2.24, 2.45) is 53.4 Å². The molecule has 8 aliphatic rings. The molecule has 0 N–H and O–H groups in total. The number of hydrogen-bond acceptors (Lipinski definition) is 2. The Labute approximate surface area is 120 Å². The molecule has 2 aliphatic heterocycles. The summed E-state index contributed by atoms with van der Waals surface area (Å²) in [6, 6.07) is 0.760. The monoisotopic (exact) mass is 283 g/mol. The van der Waals surface area contributed by atoms with Gasteiger partial charge in [0.05, 0.1) is 12.1 Å². The Morgan fingerprint density at radius 1 is 0.905 bits per heavy atom. The molecule has 2 unspecified atom stereocenters. The lowest BCUT2D eigenvalue weighted by Gasteiger charge is -2.50. The summed E-state index contributed by atoms with van der Waals surface area (Å²) in [7, 11) is 1.66. The molecule has 5 heteroatoms.